The van der Waals surface area contributed by atoms with E-state index >= 15 is 0 Å². The molecule has 3 heteroatoms. The summed E-state index contributed by atoms with van der Waals surface area (Å²) in [4.78, 5) is 0. The maximum atomic E-state index is 4.64. The first-order valence-corrected chi connectivity index (χ1v) is 5.59. The van der Waals surface area contributed by atoms with Crippen molar-refractivity contribution in [1.82, 2.24) is 15.1 Å². The Hall–Kier alpha value is -1.61. The summed E-state index contributed by atoms with van der Waals surface area (Å²) in [5.74, 6) is 0. The van der Waals surface area contributed by atoms with Crippen LogP contribution in [0.25, 0.3) is 11.3 Å². The Morgan fingerprint density at radius 2 is 2.06 bits per heavy atom. The smallest absolute Gasteiger partial charge is 0.0974 e. The Morgan fingerprint density at radius 1 is 1.25 bits per heavy atom. The van der Waals surface area contributed by atoms with Crippen molar-refractivity contribution in [2.45, 2.75) is 20.0 Å². The first-order chi connectivity index (χ1) is 7.77. The number of fused-ring (bicyclic) bond motifs is 1. The third kappa shape index (κ3) is 1.28. The third-order valence-electron chi connectivity index (χ3n) is 3.27. The van der Waals surface area contributed by atoms with Gasteiger partial charge in [0.2, 0.25) is 0 Å². The molecule has 0 atom stereocenters. The number of aromatic nitrogens is 2. The van der Waals surface area contributed by atoms with Crippen LogP contribution >= 0.6 is 0 Å². The van der Waals surface area contributed by atoms with Crippen molar-refractivity contribution in [3.8, 4) is 11.3 Å². The number of aryl methyl sites for hydroxylation is 2. The van der Waals surface area contributed by atoms with Crippen LogP contribution in [-0.2, 0) is 20.1 Å². The molecule has 0 unspecified atom stereocenters. The topological polar surface area (TPSA) is 29.9 Å². The lowest BCUT2D eigenvalue weighted by atomic mass is 10.0. The Balaban J connectivity index is 2.21. The molecule has 3 rings (SSSR count). The monoisotopic (exact) mass is 213 g/mol. The second-order valence-corrected chi connectivity index (χ2v) is 4.32. The molecule has 0 aliphatic carbocycles. The van der Waals surface area contributed by atoms with Crippen LogP contribution in [0.3, 0.4) is 0 Å². The molecule has 0 amide bonds. The predicted molar refractivity (Wildman–Crippen MR) is 63.9 cm³/mol. The lowest BCUT2D eigenvalue weighted by Gasteiger charge is -2.03. The van der Waals surface area contributed by atoms with Gasteiger partial charge < -0.3 is 5.32 Å². The Labute approximate surface area is 95.1 Å². The van der Waals surface area contributed by atoms with E-state index in [0.717, 1.165) is 18.8 Å². The zero-order valence-electron chi connectivity index (χ0n) is 9.62. The summed E-state index contributed by atoms with van der Waals surface area (Å²) in [5, 5.41) is 8.02. The molecule has 0 saturated carbocycles. The minimum absolute atomic E-state index is 0.935. The van der Waals surface area contributed by atoms with Gasteiger partial charge in [-0.05, 0) is 12.5 Å². The minimum Gasteiger partial charge on any atom is -0.307 e. The molecule has 0 radical (unpaired) electrons. The maximum Gasteiger partial charge on any atom is 0.0974 e. The molecule has 3 nitrogen and oxygen atoms in total. The molecule has 1 N–H and O–H groups in total. The van der Waals surface area contributed by atoms with E-state index in [0.29, 0.717) is 0 Å². The van der Waals surface area contributed by atoms with Crippen molar-refractivity contribution < 1.29 is 0 Å². The molecule has 2 heterocycles. The normalized spacial score (nSPS) is 14.1. The number of benzene rings is 1. The lowest BCUT2D eigenvalue weighted by molar-refractivity contribution is 0.671. The van der Waals surface area contributed by atoms with Crippen molar-refractivity contribution in [2.24, 2.45) is 7.05 Å². The van der Waals surface area contributed by atoms with Gasteiger partial charge in [0, 0.05) is 31.3 Å². The van der Waals surface area contributed by atoms with Crippen molar-refractivity contribution in [1.29, 1.82) is 0 Å². The van der Waals surface area contributed by atoms with Gasteiger partial charge in [-0.15, -0.1) is 0 Å². The second kappa shape index (κ2) is 3.46. The van der Waals surface area contributed by atoms with Crippen molar-refractivity contribution in [3.05, 3.63) is 41.1 Å². The van der Waals surface area contributed by atoms with Gasteiger partial charge in [0.05, 0.1) is 11.4 Å². The SMILES string of the molecule is Cc1ccccc1-c1nn(C)c2c1CNC2. The average molecular weight is 213 g/mol. The van der Waals surface area contributed by atoms with Crippen LogP contribution < -0.4 is 5.32 Å². The highest BCUT2D eigenvalue weighted by molar-refractivity contribution is 5.68. The van der Waals surface area contributed by atoms with Crippen LogP contribution in [-0.4, -0.2) is 9.78 Å². The van der Waals surface area contributed by atoms with E-state index in [1.807, 2.05) is 11.7 Å². The molecule has 1 aliphatic rings. The molecule has 1 aromatic heterocycles. The minimum atomic E-state index is 0.935. The molecule has 82 valence electrons. The van der Waals surface area contributed by atoms with E-state index in [1.54, 1.807) is 0 Å². The molecule has 1 aromatic carbocycles. The maximum absolute atomic E-state index is 4.64. The van der Waals surface area contributed by atoms with Gasteiger partial charge in [0.1, 0.15) is 0 Å². The summed E-state index contributed by atoms with van der Waals surface area (Å²) in [6.07, 6.45) is 0. The highest BCUT2D eigenvalue weighted by Crippen LogP contribution is 2.29. The van der Waals surface area contributed by atoms with E-state index < -0.39 is 0 Å². The third-order valence-corrected chi connectivity index (χ3v) is 3.27. The molecular weight excluding hydrogens is 198 g/mol. The van der Waals surface area contributed by atoms with Crippen LogP contribution in [0.1, 0.15) is 16.8 Å². The van der Waals surface area contributed by atoms with E-state index in [9.17, 15) is 0 Å². The summed E-state index contributed by atoms with van der Waals surface area (Å²) in [7, 11) is 2.02. The Morgan fingerprint density at radius 3 is 2.88 bits per heavy atom. The largest absolute Gasteiger partial charge is 0.307 e. The highest BCUT2D eigenvalue weighted by Gasteiger charge is 2.21. The summed E-state index contributed by atoms with van der Waals surface area (Å²) in [6, 6.07) is 8.43. The molecule has 0 bridgehead atoms. The first kappa shape index (κ1) is 9.60. The van der Waals surface area contributed by atoms with Crippen molar-refractivity contribution in [3.63, 3.8) is 0 Å². The van der Waals surface area contributed by atoms with Gasteiger partial charge in [-0.2, -0.15) is 5.10 Å². The second-order valence-electron chi connectivity index (χ2n) is 4.32. The fourth-order valence-corrected chi connectivity index (χ4v) is 2.37. The molecule has 2 aromatic rings. The molecular formula is C13H15N3. The van der Waals surface area contributed by atoms with Crippen molar-refractivity contribution >= 4 is 0 Å². The van der Waals surface area contributed by atoms with E-state index in [4.69, 9.17) is 0 Å². The zero-order valence-corrected chi connectivity index (χ0v) is 9.62. The van der Waals surface area contributed by atoms with E-state index in [1.165, 1.54) is 22.4 Å². The highest BCUT2D eigenvalue weighted by atomic mass is 15.3. The number of hydrogen-bond donors (Lipinski definition) is 1. The Kier molecular flexibility index (Phi) is 2.07. The number of rotatable bonds is 1. The number of nitrogens with one attached hydrogen (secondary N) is 1. The van der Waals surface area contributed by atoms with Gasteiger partial charge in [0.25, 0.3) is 0 Å². The first-order valence-electron chi connectivity index (χ1n) is 5.59. The average Bonchev–Trinajstić information content (AvgIpc) is 2.84. The van der Waals surface area contributed by atoms with Crippen LogP contribution in [0, 0.1) is 6.92 Å². The fourth-order valence-electron chi connectivity index (χ4n) is 2.37. The van der Waals surface area contributed by atoms with E-state index in [-0.39, 0.29) is 0 Å². The standard InChI is InChI=1S/C13H15N3/c1-9-5-3-4-6-10(9)13-11-7-14-8-12(11)16(2)15-13/h3-6,14H,7-8H2,1-2H3. The summed E-state index contributed by atoms with van der Waals surface area (Å²) >= 11 is 0. The van der Waals surface area contributed by atoms with Gasteiger partial charge >= 0.3 is 0 Å². The van der Waals surface area contributed by atoms with E-state index in [2.05, 4.69) is 41.6 Å². The summed E-state index contributed by atoms with van der Waals surface area (Å²) in [5.41, 5.74) is 6.36. The number of hydrogen-bond acceptors (Lipinski definition) is 2. The van der Waals surface area contributed by atoms with Crippen LogP contribution in [0.2, 0.25) is 0 Å². The fraction of sp³-hybridized carbons (Fsp3) is 0.308. The summed E-state index contributed by atoms with van der Waals surface area (Å²) in [6.45, 7) is 4.01. The molecule has 0 spiro atoms. The van der Waals surface area contributed by atoms with Gasteiger partial charge in [-0.25, -0.2) is 0 Å². The van der Waals surface area contributed by atoms with Crippen LogP contribution in [0.5, 0.6) is 0 Å². The molecule has 0 saturated heterocycles. The van der Waals surface area contributed by atoms with Gasteiger partial charge in [0.15, 0.2) is 0 Å². The van der Waals surface area contributed by atoms with Crippen LogP contribution in [0.15, 0.2) is 24.3 Å². The predicted octanol–water partition coefficient (Wildman–Crippen LogP) is 2.00. The molecule has 0 fully saturated rings. The number of nitrogens with zero attached hydrogens (tertiary/aromatic N) is 2. The van der Waals surface area contributed by atoms with Crippen molar-refractivity contribution in [2.75, 3.05) is 0 Å². The quantitative estimate of drug-likeness (QED) is 0.785. The van der Waals surface area contributed by atoms with Gasteiger partial charge in [-0.1, -0.05) is 24.3 Å². The lowest BCUT2D eigenvalue weighted by Crippen LogP contribution is -2.06. The molecule has 16 heavy (non-hydrogen) atoms. The summed E-state index contributed by atoms with van der Waals surface area (Å²) < 4.78 is 2.00. The zero-order chi connectivity index (χ0) is 11.1. The van der Waals surface area contributed by atoms with Crippen LogP contribution in [0.4, 0.5) is 0 Å². The molecule has 1 aliphatic heterocycles. The Bertz CT molecular complexity index is 540. The van der Waals surface area contributed by atoms with Gasteiger partial charge in [-0.3, -0.25) is 4.68 Å².